The smallest absolute Gasteiger partial charge is 0.252 e. The van der Waals surface area contributed by atoms with Crippen molar-refractivity contribution in [3.63, 3.8) is 0 Å². The molecule has 0 aliphatic carbocycles. The van der Waals surface area contributed by atoms with Crippen LogP contribution in [0, 0.1) is 0 Å². The molecule has 0 N–H and O–H groups in total. The van der Waals surface area contributed by atoms with Crippen LogP contribution in [0.5, 0.6) is 0 Å². The number of hydrogen-bond donors (Lipinski definition) is 0. The Morgan fingerprint density at radius 3 is 2.55 bits per heavy atom. The highest BCUT2D eigenvalue weighted by molar-refractivity contribution is 7.91. The van der Waals surface area contributed by atoms with Crippen LogP contribution in [0.25, 0.3) is 0 Å². The standard InChI is InChI=1S/C13H22N2O3S2/c1-4-6-9-15(5-2)12(16)11-14(3)20(17,18)13-8-7-10-19-13/h7-8,10H,4-6,9,11H2,1-3H3. The summed E-state index contributed by atoms with van der Waals surface area (Å²) in [5, 5.41) is 1.71. The Morgan fingerprint density at radius 1 is 1.35 bits per heavy atom. The van der Waals surface area contributed by atoms with Crippen LogP contribution in [0.15, 0.2) is 21.7 Å². The van der Waals surface area contributed by atoms with Crippen molar-refractivity contribution < 1.29 is 13.2 Å². The monoisotopic (exact) mass is 318 g/mol. The third kappa shape index (κ3) is 4.29. The minimum absolute atomic E-state index is 0.113. The molecule has 5 nitrogen and oxygen atoms in total. The molecule has 0 aromatic carbocycles. The molecule has 0 aliphatic rings. The van der Waals surface area contributed by atoms with Crippen LogP contribution in [0.2, 0.25) is 0 Å². The SMILES string of the molecule is CCCCN(CC)C(=O)CN(C)S(=O)(=O)c1cccs1. The third-order valence-electron chi connectivity index (χ3n) is 3.03. The highest BCUT2D eigenvalue weighted by Crippen LogP contribution is 2.19. The molecule has 1 aromatic heterocycles. The van der Waals surface area contributed by atoms with Gasteiger partial charge >= 0.3 is 0 Å². The van der Waals surface area contributed by atoms with Crippen molar-refractivity contribution in [2.24, 2.45) is 0 Å². The van der Waals surface area contributed by atoms with Crippen LogP contribution >= 0.6 is 11.3 Å². The summed E-state index contributed by atoms with van der Waals surface area (Å²) in [7, 11) is -2.10. The number of unbranched alkanes of at least 4 members (excludes halogenated alkanes) is 1. The second kappa shape index (κ2) is 7.75. The van der Waals surface area contributed by atoms with E-state index in [1.807, 2.05) is 6.92 Å². The van der Waals surface area contributed by atoms with E-state index in [1.165, 1.54) is 7.05 Å². The van der Waals surface area contributed by atoms with Crippen LogP contribution in [-0.2, 0) is 14.8 Å². The van der Waals surface area contributed by atoms with Gasteiger partial charge in [0.25, 0.3) is 10.0 Å². The Balaban J connectivity index is 2.69. The summed E-state index contributed by atoms with van der Waals surface area (Å²) in [5.74, 6) is -0.149. The van der Waals surface area contributed by atoms with Crippen molar-refractivity contribution in [1.29, 1.82) is 0 Å². The second-order valence-corrected chi connectivity index (χ2v) is 7.74. The molecular formula is C13H22N2O3S2. The van der Waals surface area contributed by atoms with Gasteiger partial charge < -0.3 is 4.90 Å². The Labute approximate surface area is 125 Å². The van der Waals surface area contributed by atoms with Crippen LogP contribution < -0.4 is 0 Å². The topological polar surface area (TPSA) is 57.7 Å². The molecule has 0 unspecified atom stereocenters. The van der Waals surface area contributed by atoms with Crippen molar-refractivity contribution >= 4 is 27.3 Å². The van der Waals surface area contributed by atoms with Crippen molar-refractivity contribution in [1.82, 2.24) is 9.21 Å². The summed E-state index contributed by atoms with van der Waals surface area (Å²) in [4.78, 5) is 13.8. The number of rotatable bonds is 8. The minimum Gasteiger partial charge on any atom is -0.342 e. The minimum atomic E-state index is -3.55. The average molecular weight is 318 g/mol. The fourth-order valence-electron chi connectivity index (χ4n) is 1.75. The van der Waals surface area contributed by atoms with Gasteiger partial charge in [-0.3, -0.25) is 4.79 Å². The number of hydrogen-bond acceptors (Lipinski definition) is 4. The van der Waals surface area contributed by atoms with E-state index in [1.54, 1.807) is 22.4 Å². The van der Waals surface area contributed by atoms with Crippen LogP contribution in [0.3, 0.4) is 0 Å². The summed E-state index contributed by atoms with van der Waals surface area (Å²) in [5.41, 5.74) is 0. The van der Waals surface area contributed by atoms with Gasteiger partial charge in [0.2, 0.25) is 5.91 Å². The average Bonchev–Trinajstić information content (AvgIpc) is 2.94. The van der Waals surface area contributed by atoms with Crippen LogP contribution in [-0.4, -0.2) is 50.2 Å². The molecule has 0 saturated carbocycles. The summed E-state index contributed by atoms with van der Waals surface area (Å²) in [6, 6.07) is 3.24. The summed E-state index contributed by atoms with van der Waals surface area (Å²) >= 11 is 1.16. The first kappa shape index (κ1) is 17.1. The van der Waals surface area contributed by atoms with Gasteiger partial charge in [-0.2, -0.15) is 4.31 Å². The summed E-state index contributed by atoms with van der Waals surface area (Å²) in [6.07, 6.45) is 1.94. The van der Waals surface area contributed by atoms with Crippen LogP contribution in [0.4, 0.5) is 0 Å². The molecule has 0 atom stereocenters. The molecule has 7 heteroatoms. The number of likely N-dealkylation sites (N-methyl/N-ethyl adjacent to an activating group) is 2. The number of thiophene rings is 1. The molecule has 20 heavy (non-hydrogen) atoms. The number of nitrogens with zero attached hydrogens (tertiary/aromatic N) is 2. The van der Waals surface area contributed by atoms with E-state index in [0.717, 1.165) is 28.5 Å². The van der Waals surface area contributed by atoms with Crippen molar-refractivity contribution in [3.8, 4) is 0 Å². The van der Waals surface area contributed by atoms with Crippen molar-refractivity contribution in [3.05, 3.63) is 17.5 Å². The zero-order valence-electron chi connectivity index (χ0n) is 12.2. The highest BCUT2D eigenvalue weighted by atomic mass is 32.2. The van der Waals surface area contributed by atoms with Crippen molar-refractivity contribution in [2.45, 2.75) is 30.9 Å². The molecular weight excluding hydrogens is 296 g/mol. The normalized spacial score (nSPS) is 11.8. The first-order valence-corrected chi connectivity index (χ1v) is 9.03. The maximum atomic E-state index is 12.2. The lowest BCUT2D eigenvalue weighted by molar-refractivity contribution is -0.131. The van der Waals surface area contributed by atoms with Gasteiger partial charge in [0, 0.05) is 20.1 Å². The molecule has 114 valence electrons. The van der Waals surface area contributed by atoms with E-state index in [-0.39, 0.29) is 16.7 Å². The molecule has 0 aliphatic heterocycles. The lowest BCUT2D eigenvalue weighted by Gasteiger charge is -2.23. The molecule has 0 radical (unpaired) electrons. The molecule has 1 heterocycles. The van der Waals surface area contributed by atoms with Gasteiger partial charge in [0.15, 0.2) is 0 Å². The van der Waals surface area contributed by atoms with E-state index in [4.69, 9.17) is 0 Å². The first-order chi connectivity index (χ1) is 9.43. The van der Waals surface area contributed by atoms with Gasteiger partial charge in [0.1, 0.15) is 4.21 Å². The third-order valence-corrected chi connectivity index (χ3v) is 6.21. The summed E-state index contributed by atoms with van der Waals surface area (Å²) < 4.78 is 25.8. The fourth-order valence-corrected chi connectivity index (χ4v) is 4.07. The fraction of sp³-hybridized carbons (Fsp3) is 0.615. The molecule has 0 fully saturated rings. The van der Waals surface area contributed by atoms with Gasteiger partial charge in [-0.1, -0.05) is 19.4 Å². The molecule has 1 aromatic rings. The lowest BCUT2D eigenvalue weighted by atomic mass is 10.3. The molecule has 0 saturated heterocycles. The zero-order valence-corrected chi connectivity index (χ0v) is 13.8. The van der Waals surface area contributed by atoms with Gasteiger partial charge in [-0.05, 0) is 24.8 Å². The van der Waals surface area contributed by atoms with E-state index in [2.05, 4.69) is 6.92 Å². The lowest BCUT2D eigenvalue weighted by Crippen LogP contribution is -2.41. The van der Waals surface area contributed by atoms with Crippen molar-refractivity contribution in [2.75, 3.05) is 26.7 Å². The second-order valence-electron chi connectivity index (χ2n) is 4.52. The predicted octanol–water partition coefficient (Wildman–Crippen LogP) is 2.02. The maximum absolute atomic E-state index is 12.2. The predicted molar refractivity (Wildman–Crippen MR) is 81.3 cm³/mol. The summed E-state index contributed by atoms with van der Waals surface area (Å²) in [6.45, 7) is 5.13. The van der Waals surface area contributed by atoms with Crippen LogP contribution in [0.1, 0.15) is 26.7 Å². The Hall–Kier alpha value is -0.920. The van der Waals surface area contributed by atoms with E-state index >= 15 is 0 Å². The largest absolute Gasteiger partial charge is 0.342 e. The Kier molecular flexibility index (Phi) is 6.64. The van der Waals surface area contributed by atoms with Gasteiger partial charge in [-0.25, -0.2) is 8.42 Å². The first-order valence-electron chi connectivity index (χ1n) is 6.71. The highest BCUT2D eigenvalue weighted by Gasteiger charge is 2.25. The Morgan fingerprint density at radius 2 is 2.05 bits per heavy atom. The Bertz CT molecular complexity index is 512. The van der Waals surface area contributed by atoms with E-state index < -0.39 is 10.0 Å². The quantitative estimate of drug-likeness (QED) is 0.737. The number of sulfonamides is 1. The van der Waals surface area contributed by atoms with Gasteiger partial charge in [0.05, 0.1) is 6.54 Å². The number of carbonyl (C=O) groups excluding carboxylic acids is 1. The van der Waals surface area contributed by atoms with Gasteiger partial charge in [-0.15, -0.1) is 11.3 Å². The van der Waals surface area contributed by atoms with E-state index in [0.29, 0.717) is 13.1 Å². The number of carbonyl (C=O) groups is 1. The molecule has 1 amide bonds. The molecule has 0 spiro atoms. The molecule has 0 bridgehead atoms. The number of amides is 1. The zero-order chi connectivity index (χ0) is 15.2. The molecule has 1 rings (SSSR count). The maximum Gasteiger partial charge on any atom is 0.252 e. The van der Waals surface area contributed by atoms with E-state index in [9.17, 15) is 13.2 Å².